The molecule has 1 aliphatic heterocycles. The average molecular weight is 417 g/mol. The number of halogens is 1. The molecule has 2 aromatic carbocycles. The third-order valence-electron chi connectivity index (χ3n) is 4.82. The first-order valence-electron chi connectivity index (χ1n) is 9.68. The lowest BCUT2D eigenvalue weighted by atomic mass is 10.1. The first-order chi connectivity index (χ1) is 14.0. The Morgan fingerprint density at radius 3 is 2.69 bits per heavy atom. The van der Waals surface area contributed by atoms with Crippen LogP contribution in [0.2, 0.25) is 5.02 Å². The van der Waals surface area contributed by atoms with Crippen molar-refractivity contribution in [3.05, 3.63) is 58.6 Å². The van der Waals surface area contributed by atoms with Crippen LogP contribution in [0.15, 0.2) is 42.5 Å². The number of carbonyl (C=O) groups is 2. The molecule has 2 amide bonds. The van der Waals surface area contributed by atoms with Gasteiger partial charge in [0.25, 0.3) is 0 Å². The highest BCUT2D eigenvalue weighted by atomic mass is 35.5. The van der Waals surface area contributed by atoms with Crippen LogP contribution in [0.3, 0.4) is 0 Å². The van der Waals surface area contributed by atoms with Crippen molar-refractivity contribution in [2.45, 2.75) is 39.3 Å². The van der Waals surface area contributed by atoms with Crippen molar-refractivity contribution in [1.82, 2.24) is 10.2 Å². The van der Waals surface area contributed by atoms with Crippen LogP contribution in [0.25, 0.3) is 0 Å². The second-order valence-corrected chi connectivity index (χ2v) is 7.35. The van der Waals surface area contributed by atoms with E-state index in [0.29, 0.717) is 36.0 Å². The molecule has 6 nitrogen and oxygen atoms in total. The molecule has 0 saturated heterocycles. The highest BCUT2D eigenvalue weighted by molar-refractivity contribution is 6.30. The third-order valence-corrected chi connectivity index (χ3v) is 5.06. The Hall–Kier alpha value is -2.73. The van der Waals surface area contributed by atoms with Gasteiger partial charge in [-0.05, 0) is 55.7 Å². The third kappa shape index (κ3) is 5.41. The fourth-order valence-electron chi connectivity index (χ4n) is 3.23. The number of ether oxygens (including phenoxy) is 2. The summed E-state index contributed by atoms with van der Waals surface area (Å²) in [5.41, 5.74) is 1.86. The summed E-state index contributed by atoms with van der Waals surface area (Å²) < 4.78 is 10.7. The second kappa shape index (κ2) is 9.65. The molecule has 0 saturated carbocycles. The van der Waals surface area contributed by atoms with Crippen molar-refractivity contribution in [2.75, 3.05) is 13.3 Å². The molecule has 3 rings (SSSR count). The fourth-order valence-corrected chi connectivity index (χ4v) is 3.44. The Balaban J connectivity index is 1.71. The number of aryl methyl sites for hydroxylation is 1. The summed E-state index contributed by atoms with van der Waals surface area (Å²) in [6.45, 7) is 4.65. The summed E-state index contributed by atoms with van der Waals surface area (Å²) in [5.74, 6) is 1.14. The molecule has 0 aromatic heterocycles. The van der Waals surface area contributed by atoms with E-state index in [9.17, 15) is 9.59 Å². The predicted octanol–water partition coefficient (Wildman–Crippen LogP) is 3.55. The molecule has 0 aliphatic carbocycles. The number of amides is 2. The summed E-state index contributed by atoms with van der Waals surface area (Å²) in [4.78, 5) is 27.0. The molecule has 1 atom stereocenters. The Morgan fingerprint density at radius 2 is 1.93 bits per heavy atom. The summed E-state index contributed by atoms with van der Waals surface area (Å²) in [5, 5.41) is 3.39. The van der Waals surface area contributed by atoms with E-state index in [1.807, 2.05) is 43.3 Å². The van der Waals surface area contributed by atoms with Gasteiger partial charge in [0.1, 0.15) is 6.04 Å². The molecule has 2 aromatic rings. The van der Waals surface area contributed by atoms with Gasteiger partial charge in [0.05, 0.1) is 0 Å². The van der Waals surface area contributed by atoms with Crippen LogP contribution in [-0.2, 0) is 22.6 Å². The molecule has 1 N–H and O–H groups in total. The zero-order chi connectivity index (χ0) is 20.8. The van der Waals surface area contributed by atoms with E-state index in [1.54, 1.807) is 17.9 Å². The summed E-state index contributed by atoms with van der Waals surface area (Å²) >= 11 is 6.08. The first kappa shape index (κ1) is 21.0. The van der Waals surface area contributed by atoms with Crippen LogP contribution in [0.4, 0.5) is 0 Å². The van der Waals surface area contributed by atoms with Crippen LogP contribution in [0.1, 0.15) is 31.4 Å². The van der Waals surface area contributed by atoms with E-state index in [1.165, 1.54) is 0 Å². The zero-order valence-electron chi connectivity index (χ0n) is 16.6. The van der Waals surface area contributed by atoms with Crippen molar-refractivity contribution in [3.63, 3.8) is 0 Å². The van der Waals surface area contributed by atoms with E-state index in [4.69, 9.17) is 21.1 Å². The lowest BCUT2D eigenvalue weighted by molar-refractivity contribution is -0.140. The number of nitrogens with one attached hydrogen (secondary N) is 1. The van der Waals surface area contributed by atoms with Crippen molar-refractivity contribution < 1.29 is 19.1 Å². The molecule has 0 unspecified atom stereocenters. The standard InChI is InChI=1S/C22H25ClN2O4/c1-3-24-22(27)15(2)25(13-17-5-4-6-18(23)11-17)21(26)10-8-16-7-9-19-20(12-16)29-14-28-19/h4-7,9,11-12,15H,3,8,10,13-14H2,1-2H3,(H,24,27)/t15-/m0/s1. The minimum absolute atomic E-state index is 0.0959. The maximum absolute atomic E-state index is 13.0. The lowest BCUT2D eigenvalue weighted by Crippen LogP contribution is -2.47. The molecule has 1 aliphatic rings. The Morgan fingerprint density at radius 1 is 1.14 bits per heavy atom. The maximum atomic E-state index is 13.0. The average Bonchev–Trinajstić information content (AvgIpc) is 3.18. The number of nitrogens with zero attached hydrogens (tertiary/aromatic N) is 1. The van der Waals surface area contributed by atoms with Crippen LogP contribution in [-0.4, -0.2) is 36.1 Å². The molecule has 0 radical (unpaired) electrons. The minimum Gasteiger partial charge on any atom is -0.454 e. The highest BCUT2D eigenvalue weighted by Gasteiger charge is 2.26. The summed E-state index contributed by atoms with van der Waals surface area (Å²) in [6.07, 6.45) is 0.827. The Kier molecular flexibility index (Phi) is 6.99. The van der Waals surface area contributed by atoms with E-state index in [-0.39, 0.29) is 25.0 Å². The number of rotatable bonds is 8. The van der Waals surface area contributed by atoms with E-state index in [2.05, 4.69) is 5.32 Å². The largest absolute Gasteiger partial charge is 0.454 e. The number of hydrogen-bond acceptors (Lipinski definition) is 4. The van der Waals surface area contributed by atoms with Crippen molar-refractivity contribution >= 4 is 23.4 Å². The quantitative estimate of drug-likeness (QED) is 0.714. The van der Waals surface area contributed by atoms with Gasteiger partial charge in [-0.25, -0.2) is 0 Å². The number of fused-ring (bicyclic) bond motifs is 1. The highest BCUT2D eigenvalue weighted by Crippen LogP contribution is 2.32. The van der Waals surface area contributed by atoms with Gasteiger partial charge in [-0.2, -0.15) is 0 Å². The molecule has 154 valence electrons. The minimum atomic E-state index is -0.585. The van der Waals surface area contributed by atoms with Crippen LogP contribution < -0.4 is 14.8 Å². The van der Waals surface area contributed by atoms with Gasteiger partial charge >= 0.3 is 0 Å². The number of hydrogen-bond donors (Lipinski definition) is 1. The fraction of sp³-hybridized carbons (Fsp3) is 0.364. The predicted molar refractivity (Wildman–Crippen MR) is 111 cm³/mol. The summed E-state index contributed by atoms with van der Waals surface area (Å²) in [6, 6.07) is 12.4. The molecular formula is C22H25ClN2O4. The Bertz CT molecular complexity index is 887. The monoisotopic (exact) mass is 416 g/mol. The second-order valence-electron chi connectivity index (χ2n) is 6.91. The Labute approximate surface area is 175 Å². The van der Waals surface area contributed by atoms with Gasteiger partial charge in [-0.1, -0.05) is 29.8 Å². The van der Waals surface area contributed by atoms with E-state index >= 15 is 0 Å². The van der Waals surface area contributed by atoms with E-state index < -0.39 is 6.04 Å². The number of carbonyl (C=O) groups excluding carboxylic acids is 2. The van der Waals surface area contributed by atoms with Gasteiger partial charge in [0, 0.05) is 24.5 Å². The number of likely N-dealkylation sites (N-methyl/N-ethyl adjacent to an activating group) is 1. The van der Waals surface area contributed by atoms with Crippen LogP contribution in [0.5, 0.6) is 11.5 Å². The van der Waals surface area contributed by atoms with Crippen LogP contribution in [0, 0.1) is 0 Å². The van der Waals surface area contributed by atoms with Crippen LogP contribution >= 0.6 is 11.6 Å². The van der Waals surface area contributed by atoms with Crippen molar-refractivity contribution in [2.24, 2.45) is 0 Å². The zero-order valence-corrected chi connectivity index (χ0v) is 17.4. The van der Waals surface area contributed by atoms with Gasteiger partial charge in [0.2, 0.25) is 18.6 Å². The van der Waals surface area contributed by atoms with Crippen molar-refractivity contribution in [3.8, 4) is 11.5 Å². The van der Waals surface area contributed by atoms with Crippen molar-refractivity contribution in [1.29, 1.82) is 0 Å². The molecule has 7 heteroatoms. The maximum Gasteiger partial charge on any atom is 0.242 e. The normalized spacial score (nSPS) is 13.1. The molecular weight excluding hydrogens is 392 g/mol. The van der Waals surface area contributed by atoms with Gasteiger partial charge in [0.15, 0.2) is 11.5 Å². The molecule has 29 heavy (non-hydrogen) atoms. The van der Waals surface area contributed by atoms with Gasteiger partial charge in [-0.15, -0.1) is 0 Å². The van der Waals surface area contributed by atoms with Gasteiger partial charge < -0.3 is 19.7 Å². The SMILES string of the molecule is CCNC(=O)[C@H](C)N(Cc1cccc(Cl)c1)C(=O)CCc1ccc2c(c1)OCO2. The topological polar surface area (TPSA) is 67.9 Å². The summed E-state index contributed by atoms with van der Waals surface area (Å²) in [7, 11) is 0. The number of benzene rings is 2. The molecule has 0 spiro atoms. The smallest absolute Gasteiger partial charge is 0.242 e. The molecule has 0 fully saturated rings. The van der Waals surface area contributed by atoms with Gasteiger partial charge in [-0.3, -0.25) is 9.59 Å². The first-order valence-corrected chi connectivity index (χ1v) is 10.1. The van der Waals surface area contributed by atoms with E-state index in [0.717, 1.165) is 11.1 Å². The molecule has 0 bridgehead atoms. The lowest BCUT2D eigenvalue weighted by Gasteiger charge is -2.29. The molecule has 1 heterocycles.